The molecule has 2 saturated carbocycles. The van der Waals surface area contributed by atoms with Crippen molar-refractivity contribution >= 4 is 5.91 Å². The third kappa shape index (κ3) is 4.49. The number of carbonyl (C=O) groups is 1. The lowest BCUT2D eigenvalue weighted by Crippen LogP contribution is -2.92. The number of rotatable bonds is 5. The summed E-state index contributed by atoms with van der Waals surface area (Å²) >= 11 is 0. The Labute approximate surface area is 122 Å². The predicted octanol–water partition coefficient (Wildman–Crippen LogP) is 1.47. The van der Waals surface area contributed by atoms with Gasteiger partial charge in [0.2, 0.25) is 0 Å². The van der Waals surface area contributed by atoms with Gasteiger partial charge in [0.25, 0.3) is 5.91 Å². The highest BCUT2D eigenvalue weighted by Gasteiger charge is 2.43. The number of nitrogens with two attached hydrogens (primary N) is 1. The van der Waals surface area contributed by atoms with Crippen LogP contribution in [-0.2, 0) is 4.79 Å². The van der Waals surface area contributed by atoms with Crippen molar-refractivity contribution in [1.29, 1.82) is 5.26 Å². The van der Waals surface area contributed by atoms with Gasteiger partial charge in [-0.3, -0.25) is 4.79 Å². The topological polar surface area (TPSA) is 69.5 Å². The van der Waals surface area contributed by atoms with E-state index < -0.39 is 5.54 Å². The molecule has 1 atom stereocenters. The van der Waals surface area contributed by atoms with Crippen LogP contribution >= 0.6 is 0 Å². The molecule has 4 nitrogen and oxygen atoms in total. The molecule has 2 aliphatic rings. The number of hydrogen-bond donors (Lipinski definition) is 2. The smallest absolute Gasteiger partial charge is 0.276 e. The van der Waals surface area contributed by atoms with E-state index in [1.54, 1.807) is 0 Å². The molecule has 0 bridgehead atoms. The van der Waals surface area contributed by atoms with Crippen LogP contribution in [0.3, 0.4) is 0 Å². The summed E-state index contributed by atoms with van der Waals surface area (Å²) in [6.07, 6.45) is 11.2. The van der Waals surface area contributed by atoms with Gasteiger partial charge in [-0.05, 0) is 51.4 Å². The summed E-state index contributed by atoms with van der Waals surface area (Å²) in [5.41, 5.74) is -0.647. The van der Waals surface area contributed by atoms with Gasteiger partial charge in [-0.1, -0.05) is 19.3 Å². The number of nitrogens with zero attached hydrogens (tertiary/aromatic N) is 1. The summed E-state index contributed by atoms with van der Waals surface area (Å²) in [4.78, 5) is 12.1. The minimum atomic E-state index is -0.647. The maximum Gasteiger partial charge on any atom is 0.276 e. The molecule has 3 N–H and O–H groups in total. The van der Waals surface area contributed by atoms with E-state index in [1.165, 1.54) is 44.9 Å². The summed E-state index contributed by atoms with van der Waals surface area (Å²) in [5, 5.41) is 14.4. The monoisotopic (exact) mass is 278 g/mol. The van der Waals surface area contributed by atoms with E-state index in [4.69, 9.17) is 0 Å². The zero-order chi connectivity index (χ0) is 14.4. The molecule has 0 aromatic heterocycles. The Balaban J connectivity index is 1.72. The maximum atomic E-state index is 12.1. The molecule has 4 heteroatoms. The molecule has 0 aromatic carbocycles. The van der Waals surface area contributed by atoms with Crippen LogP contribution in [0, 0.1) is 17.2 Å². The van der Waals surface area contributed by atoms with Crippen molar-refractivity contribution in [3.63, 3.8) is 0 Å². The molecule has 0 aromatic rings. The molecule has 2 rings (SSSR count). The molecule has 0 heterocycles. The van der Waals surface area contributed by atoms with E-state index in [0.717, 1.165) is 12.8 Å². The largest absolute Gasteiger partial charge is 0.336 e. The number of quaternary nitrogens is 1. The van der Waals surface area contributed by atoms with Crippen LogP contribution in [0.5, 0.6) is 0 Å². The first-order chi connectivity index (χ1) is 9.64. The van der Waals surface area contributed by atoms with Gasteiger partial charge in [-0.2, -0.15) is 5.26 Å². The SMILES string of the molecule is C[C@](C#N)(NC(=O)C[NH2+]C1CCCCCCC1)C1CC1. The Morgan fingerprint density at radius 1 is 1.20 bits per heavy atom. The molecule has 112 valence electrons. The van der Waals surface area contributed by atoms with E-state index in [0.29, 0.717) is 18.5 Å². The number of carbonyl (C=O) groups excluding carboxylic acids is 1. The van der Waals surface area contributed by atoms with Crippen molar-refractivity contribution in [1.82, 2.24) is 5.32 Å². The number of nitrogens with one attached hydrogen (secondary N) is 1. The highest BCUT2D eigenvalue weighted by Crippen LogP contribution is 2.39. The molecule has 1 amide bonds. The minimum absolute atomic E-state index is 0.0167. The van der Waals surface area contributed by atoms with Crippen LogP contribution in [0.4, 0.5) is 0 Å². The van der Waals surface area contributed by atoms with Gasteiger partial charge in [-0.15, -0.1) is 0 Å². The number of amides is 1. The molecule has 2 fully saturated rings. The van der Waals surface area contributed by atoms with Gasteiger partial charge in [-0.25, -0.2) is 0 Å². The third-order valence-electron chi connectivity index (χ3n) is 4.81. The first kappa shape index (κ1) is 15.3. The lowest BCUT2D eigenvalue weighted by atomic mass is 9.96. The van der Waals surface area contributed by atoms with Crippen LogP contribution in [0.2, 0.25) is 0 Å². The average Bonchev–Trinajstić information content (AvgIpc) is 3.22. The zero-order valence-electron chi connectivity index (χ0n) is 12.7. The van der Waals surface area contributed by atoms with Gasteiger partial charge in [0, 0.05) is 0 Å². The van der Waals surface area contributed by atoms with Crippen molar-refractivity contribution in [3.05, 3.63) is 0 Å². The molecule has 2 aliphatic carbocycles. The highest BCUT2D eigenvalue weighted by atomic mass is 16.2. The summed E-state index contributed by atoms with van der Waals surface area (Å²) in [6, 6.07) is 2.87. The fraction of sp³-hybridized carbons (Fsp3) is 0.875. The van der Waals surface area contributed by atoms with Crippen molar-refractivity contribution < 1.29 is 10.1 Å². The van der Waals surface area contributed by atoms with Gasteiger partial charge < -0.3 is 10.6 Å². The second kappa shape index (κ2) is 7.08. The van der Waals surface area contributed by atoms with Crippen LogP contribution in [0.15, 0.2) is 0 Å². The fourth-order valence-electron chi connectivity index (χ4n) is 3.22. The quantitative estimate of drug-likeness (QED) is 0.799. The van der Waals surface area contributed by atoms with E-state index in [-0.39, 0.29) is 5.91 Å². The molecule has 0 saturated heterocycles. The third-order valence-corrected chi connectivity index (χ3v) is 4.81. The second-order valence-corrected chi connectivity index (χ2v) is 6.68. The van der Waals surface area contributed by atoms with Crippen LogP contribution < -0.4 is 10.6 Å². The molecule has 20 heavy (non-hydrogen) atoms. The van der Waals surface area contributed by atoms with Crippen molar-refractivity contribution in [2.75, 3.05) is 6.54 Å². The summed E-state index contributed by atoms with van der Waals surface area (Å²) in [6.45, 7) is 2.33. The van der Waals surface area contributed by atoms with Gasteiger partial charge in [0.15, 0.2) is 6.54 Å². The highest BCUT2D eigenvalue weighted by molar-refractivity contribution is 5.78. The molecular weight excluding hydrogens is 250 g/mol. The van der Waals surface area contributed by atoms with Gasteiger partial charge >= 0.3 is 0 Å². The number of hydrogen-bond acceptors (Lipinski definition) is 2. The molecule has 0 unspecified atom stereocenters. The Hall–Kier alpha value is -1.08. The number of nitriles is 1. The molecule has 0 radical (unpaired) electrons. The zero-order valence-corrected chi connectivity index (χ0v) is 12.7. The second-order valence-electron chi connectivity index (χ2n) is 6.68. The minimum Gasteiger partial charge on any atom is -0.336 e. The summed E-state index contributed by atoms with van der Waals surface area (Å²) < 4.78 is 0. The lowest BCUT2D eigenvalue weighted by molar-refractivity contribution is -0.680. The first-order valence-electron chi connectivity index (χ1n) is 8.19. The summed E-state index contributed by atoms with van der Waals surface area (Å²) in [5.74, 6) is 0.376. The predicted molar refractivity (Wildman–Crippen MR) is 77.8 cm³/mol. The summed E-state index contributed by atoms with van der Waals surface area (Å²) in [7, 11) is 0. The van der Waals surface area contributed by atoms with E-state index >= 15 is 0 Å². The Bertz CT molecular complexity index is 364. The van der Waals surface area contributed by atoms with E-state index in [9.17, 15) is 10.1 Å². The molecular formula is C16H28N3O+. The Morgan fingerprint density at radius 2 is 1.80 bits per heavy atom. The lowest BCUT2D eigenvalue weighted by Gasteiger charge is -2.23. The Morgan fingerprint density at radius 3 is 2.35 bits per heavy atom. The standard InChI is InChI=1S/C16H27N3O/c1-16(12-17,13-9-10-13)19-15(20)11-18-14-7-5-3-2-4-6-8-14/h13-14,18H,2-11H2,1H3,(H,19,20)/p+1/t16-/m1/s1. The molecule has 0 aliphatic heterocycles. The fourth-order valence-corrected chi connectivity index (χ4v) is 3.22. The van der Waals surface area contributed by atoms with Crippen LogP contribution in [0.1, 0.15) is 64.7 Å². The first-order valence-corrected chi connectivity index (χ1v) is 8.19. The maximum absolute atomic E-state index is 12.1. The van der Waals surface area contributed by atoms with Gasteiger partial charge in [0.1, 0.15) is 5.54 Å². The van der Waals surface area contributed by atoms with Crippen molar-refractivity contribution in [2.24, 2.45) is 5.92 Å². The normalized spacial score (nSPS) is 24.0. The van der Waals surface area contributed by atoms with E-state index in [1.807, 2.05) is 6.92 Å². The van der Waals surface area contributed by atoms with Gasteiger partial charge in [0.05, 0.1) is 12.1 Å². The van der Waals surface area contributed by atoms with Crippen LogP contribution in [0.25, 0.3) is 0 Å². The average molecular weight is 278 g/mol. The van der Waals surface area contributed by atoms with Crippen molar-refractivity contribution in [3.8, 4) is 6.07 Å². The van der Waals surface area contributed by atoms with E-state index in [2.05, 4.69) is 16.7 Å². The molecule has 0 spiro atoms. The van der Waals surface area contributed by atoms with Crippen molar-refractivity contribution in [2.45, 2.75) is 76.3 Å². The van der Waals surface area contributed by atoms with Crippen LogP contribution in [-0.4, -0.2) is 24.0 Å². The Kier molecular flexibility index (Phi) is 5.42.